The van der Waals surface area contributed by atoms with Crippen molar-refractivity contribution in [2.75, 3.05) is 13.2 Å². The van der Waals surface area contributed by atoms with Crippen molar-refractivity contribution in [1.82, 2.24) is 0 Å². The van der Waals surface area contributed by atoms with Crippen LogP contribution in [0.4, 0.5) is 0 Å². The number of esters is 3. The molecule has 0 aromatic heterocycles. The zero-order valence-corrected chi connectivity index (χ0v) is 43.0. The standard InChI is InChI=1S/C57H94O12/c1-4-7-10-13-16-19-22-24-25-27-29-31-34-37-40-43-49(58)65-46-48(67-50(59)44-41-38-35-33-30-26-23-20-17-14-11-8-5-2)47-66-57-55(53(62)52(61)54(69-57)56(63)64)68-51(60)45-42-39-36-32-28-21-18-15-12-9-6-3/h8,11,15-20,24-26,30,48,52-55,57,61-62H,4-7,9-10,12-14,21-23,27-29,31-47H2,1-3H3,(H,63,64)/b11-8-,18-15-,19-16-,20-17-,25-24-,30-26-. The molecule has 0 saturated carbocycles. The first kappa shape index (κ1) is 63.2. The van der Waals surface area contributed by atoms with Crippen LogP contribution in [0.3, 0.4) is 0 Å². The van der Waals surface area contributed by atoms with E-state index in [0.29, 0.717) is 19.3 Å². The van der Waals surface area contributed by atoms with Crippen molar-refractivity contribution in [2.45, 2.75) is 250 Å². The maximum Gasteiger partial charge on any atom is 0.335 e. The van der Waals surface area contributed by atoms with Crippen LogP contribution in [0.1, 0.15) is 213 Å². The maximum atomic E-state index is 13.1. The van der Waals surface area contributed by atoms with E-state index in [-0.39, 0.29) is 25.9 Å². The number of hydrogen-bond acceptors (Lipinski definition) is 11. The molecular formula is C57H94O12. The first-order valence-corrected chi connectivity index (χ1v) is 26.9. The number of aliphatic hydroxyl groups excluding tert-OH is 2. The van der Waals surface area contributed by atoms with Gasteiger partial charge in [0.1, 0.15) is 18.8 Å². The van der Waals surface area contributed by atoms with E-state index in [0.717, 1.165) is 122 Å². The molecule has 12 nitrogen and oxygen atoms in total. The van der Waals surface area contributed by atoms with Gasteiger partial charge in [-0.15, -0.1) is 0 Å². The average molecular weight is 971 g/mol. The van der Waals surface area contributed by atoms with Crippen LogP contribution in [-0.4, -0.2) is 89.2 Å². The molecule has 69 heavy (non-hydrogen) atoms. The molecule has 0 aromatic carbocycles. The van der Waals surface area contributed by atoms with Gasteiger partial charge < -0.3 is 39.0 Å². The molecule has 0 bridgehead atoms. The number of rotatable bonds is 44. The second-order valence-electron chi connectivity index (χ2n) is 18.1. The monoisotopic (exact) mass is 971 g/mol. The Balaban J connectivity index is 2.76. The molecule has 3 N–H and O–H groups in total. The van der Waals surface area contributed by atoms with Crippen LogP contribution >= 0.6 is 0 Å². The number of aliphatic hydroxyl groups is 2. The molecular weight excluding hydrogens is 877 g/mol. The van der Waals surface area contributed by atoms with Gasteiger partial charge in [-0.1, -0.05) is 164 Å². The van der Waals surface area contributed by atoms with Gasteiger partial charge in [-0.2, -0.15) is 0 Å². The van der Waals surface area contributed by atoms with E-state index in [1.807, 2.05) is 0 Å². The number of aliphatic carboxylic acids is 1. The molecule has 6 unspecified atom stereocenters. The summed E-state index contributed by atoms with van der Waals surface area (Å²) in [6.07, 6.45) is 43.2. The van der Waals surface area contributed by atoms with E-state index in [1.165, 1.54) is 32.1 Å². The van der Waals surface area contributed by atoms with Crippen LogP contribution in [0.2, 0.25) is 0 Å². The van der Waals surface area contributed by atoms with Gasteiger partial charge in [-0.05, 0) is 103 Å². The summed E-state index contributed by atoms with van der Waals surface area (Å²) in [6, 6.07) is 0. The van der Waals surface area contributed by atoms with Gasteiger partial charge in [0.05, 0.1) is 6.61 Å². The Kier molecular flexibility index (Phi) is 41.5. The van der Waals surface area contributed by atoms with Gasteiger partial charge in [0.25, 0.3) is 0 Å². The summed E-state index contributed by atoms with van der Waals surface area (Å²) in [7, 11) is 0. The molecule has 1 heterocycles. The Hall–Kier alpha value is -3.84. The van der Waals surface area contributed by atoms with Crippen molar-refractivity contribution >= 4 is 23.9 Å². The number of carbonyl (C=O) groups excluding carboxylic acids is 3. The summed E-state index contributed by atoms with van der Waals surface area (Å²) in [5.74, 6) is -3.20. The zero-order chi connectivity index (χ0) is 50.4. The lowest BCUT2D eigenvalue weighted by Crippen LogP contribution is -2.61. The Morgan fingerprint density at radius 1 is 0.493 bits per heavy atom. The van der Waals surface area contributed by atoms with Crippen LogP contribution in [0.5, 0.6) is 0 Å². The summed E-state index contributed by atoms with van der Waals surface area (Å²) >= 11 is 0. The van der Waals surface area contributed by atoms with E-state index in [1.54, 1.807) is 0 Å². The van der Waals surface area contributed by atoms with E-state index in [4.69, 9.17) is 23.7 Å². The lowest BCUT2D eigenvalue weighted by atomic mass is 9.98. The predicted octanol–water partition coefficient (Wildman–Crippen LogP) is 13.0. The minimum atomic E-state index is -1.91. The highest BCUT2D eigenvalue weighted by molar-refractivity contribution is 5.74. The van der Waals surface area contributed by atoms with E-state index >= 15 is 0 Å². The van der Waals surface area contributed by atoms with Crippen molar-refractivity contribution in [3.63, 3.8) is 0 Å². The smallest absolute Gasteiger partial charge is 0.335 e. The SMILES string of the molecule is CC/C=C\C/C=C\C/C=C\CCCCCC(=O)OC(COC(=O)CCCCCCC/C=C\C/C=C\CCCCC)COC1OC(C(=O)O)C(O)C(O)C1OC(=O)CCCCCCC/C=C\CCCC. The van der Waals surface area contributed by atoms with Crippen LogP contribution in [-0.2, 0) is 42.9 Å². The Labute approximate surface area is 417 Å². The predicted molar refractivity (Wildman–Crippen MR) is 275 cm³/mol. The minimum Gasteiger partial charge on any atom is -0.479 e. The second-order valence-corrected chi connectivity index (χ2v) is 18.1. The molecule has 1 aliphatic rings. The van der Waals surface area contributed by atoms with Gasteiger partial charge in [0, 0.05) is 19.3 Å². The highest BCUT2D eigenvalue weighted by Gasteiger charge is 2.50. The molecule has 0 radical (unpaired) electrons. The fraction of sp³-hybridized carbons (Fsp3) is 0.719. The summed E-state index contributed by atoms with van der Waals surface area (Å²) in [4.78, 5) is 50.9. The molecule has 6 atom stereocenters. The average Bonchev–Trinajstić information content (AvgIpc) is 3.33. The molecule has 1 rings (SSSR count). The first-order valence-electron chi connectivity index (χ1n) is 26.9. The normalized spacial score (nSPS) is 19.2. The third-order valence-electron chi connectivity index (χ3n) is 11.7. The summed E-state index contributed by atoms with van der Waals surface area (Å²) in [5.41, 5.74) is 0. The number of carboxylic acids is 1. The fourth-order valence-electron chi connectivity index (χ4n) is 7.57. The second kappa shape index (κ2) is 45.3. The summed E-state index contributed by atoms with van der Waals surface area (Å²) in [6.45, 7) is 5.74. The number of carbonyl (C=O) groups is 4. The maximum absolute atomic E-state index is 13.1. The number of carboxylic acid groups (broad SMARTS) is 1. The Morgan fingerprint density at radius 2 is 0.928 bits per heavy atom. The zero-order valence-electron chi connectivity index (χ0n) is 43.0. The lowest BCUT2D eigenvalue weighted by Gasteiger charge is -2.40. The van der Waals surface area contributed by atoms with Gasteiger partial charge in [0.2, 0.25) is 0 Å². The van der Waals surface area contributed by atoms with Crippen LogP contribution in [0.15, 0.2) is 72.9 Å². The van der Waals surface area contributed by atoms with Crippen LogP contribution in [0.25, 0.3) is 0 Å². The van der Waals surface area contributed by atoms with E-state index in [9.17, 15) is 34.5 Å². The molecule has 394 valence electrons. The van der Waals surface area contributed by atoms with E-state index < -0.39 is 67.3 Å². The molecule has 0 aromatic rings. The van der Waals surface area contributed by atoms with Crippen LogP contribution in [0, 0.1) is 0 Å². The third-order valence-corrected chi connectivity index (χ3v) is 11.7. The van der Waals surface area contributed by atoms with Crippen molar-refractivity contribution < 1.29 is 58.2 Å². The van der Waals surface area contributed by atoms with E-state index in [2.05, 4.69) is 93.7 Å². The molecule has 0 aliphatic carbocycles. The van der Waals surface area contributed by atoms with Crippen molar-refractivity contribution in [3.8, 4) is 0 Å². The van der Waals surface area contributed by atoms with Crippen LogP contribution < -0.4 is 0 Å². The summed E-state index contributed by atoms with van der Waals surface area (Å²) < 4.78 is 28.2. The molecule has 1 fully saturated rings. The highest BCUT2D eigenvalue weighted by atomic mass is 16.7. The van der Waals surface area contributed by atoms with Crippen molar-refractivity contribution in [3.05, 3.63) is 72.9 Å². The Morgan fingerprint density at radius 3 is 1.46 bits per heavy atom. The molecule has 0 amide bonds. The number of unbranched alkanes of at least 4 members (excludes halogenated alkanes) is 18. The topological polar surface area (TPSA) is 175 Å². The third kappa shape index (κ3) is 35.8. The van der Waals surface area contributed by atoms with Gasteiger partial charge >= 0.3 is 23.9 Å². The van der Waals surface area contributed by atoms with Crippen molar-refractivity contribution in [1.29, 1.82) is 0 Å². The fourth-order valence-corrected chi connectivity index (χ4v) is 7.57. The largest absolute Gasteiger partial charge is 0.479 e. The Bertz CT molecular complexity index is 1480. The molecule has 12 heteroatoms. The van der Waals surface area contributed by atoms with Gasteiger partial charge in [-0.3, -0.25) is 14.4 Å². The van der Waals surface area contributed by atoms with Gasteiger partial charge in [-0.25, -0.2) is 4.79 Å². The quantitative estimate of drug-likeness (QED) is 0.0228. The molecule has 0 spiro atoms. The minimum absolute atomic E-state index is 0.0427. The first-order chi connectivity index (χ1) is 33.6. The lowest BCUT2D eigenvalue weighted by molar-refractivity contribution is -0.301. The number of allylic oxidation sites excluding steroid dienone is 12. The van der Waals surface area contributed by atoms with Crippen molar-refractivity contribution in [2.24, 2.45) is 0 Å². The highest BCUT2D eigenvalue weighted by Crippen LogP contribution is 2.26. The molecule has 1 saturated heterocycles. The summed E-state index contributed by atoms with van der Waals surface area (Å²) in [5, 5.41) is 31.3. The number of hydrogen-bond donors (Lipinski definition) is 3. The van der Waals surface area contributed by atoms with Gasteiger partial charge in [0.15, 0.2) is 24.6 Å². The number of ether oxygens (including phenoxy) is 5. The molecule has 1 aliphatic heterocycles.